The van der Waals surface area contributed by atoms with Gasteiger partial charge in [0.2, 0.25) is 0 Å². The largest absolute Gasteiger partial charge is 0.489 e. The lowest BCUT2D eigenvalue weighted by Gasteiger charge is -2.20. The van der Waals surface area contributed by atoms with E-state index in [4.69, 9.17) is 9.47 Å². The fraction of sp³-hybridized carbons (Fsp3) is 0.625. The topological polar surface area (TPSA) is 30.5 Å². The molecule has 0 aliphatic carbocycles. The Bertz CT molecular complexity index is 377. The zero-order chi connectivity index (χ0) is 14.3. The lowest BCUT2D eigenvalue weighted by atomic mass is 10.0. The van der Waals surface area contributed by atoms with E-state index in [1.165, 1.54) is 5.56 Å². The molecule has 0 bridgehead atoms. The molecule has 108 valence electrons. The fourth-order valence-electron chi connectivity index (χ4n) is 2.13. The summed E-state index contributed by atoms with van der Waals surface area (Å²) < 4.78 is 10.8. The summed E-state index contributed by atoms with van der Waals surface area (Å²) in [6, 6.07) is 6.70. The number of hydrogen-bond donors (Lipinski definition) is 1. The van der Waals surface area contributed by atoms with Crippen molar-refractivity contribution in [1.29, 1.82) is 0 Å². The van der Waals surface area contributed by atoms with Crippen LogP contribution in [0.4, 0.5) is 5.69 Å². The third-order valence-corrected chi connectivity index (χ3v) is 2.91. The molecule has 0 aliphatic heterocycles. The van der Waals surface area contributed by atoms with Gasteiger partial charge < -0.3 is 14.8 Å². The van der Waals surface area contributed by atoms with E-state index in [0.717, 1.165) is 17.9 Å². The van der Waals surface area contributed by atoms with Crippen molar-refractivity contribution in [3.63, 3.8) is 0 Å². The fourth-order valence-corrected chi connectivity index (χ4v) is 2.13. The Morgan fingerprint density at radius 1 is 1.16 bits per heavy atom. The second-order valence-electron chi connectivity index (χ2n) is 5.52. The van der Waals surface area contributed by atoms with Crippen LogP contribution in [0.2, 0.25) is 0 Å². The quantitative estimate of drug-likeness (QED) is 0.724. The van der Waals surface area contributed by atoms with Gasteiger partial charge in [0.25, 0.3) is 0 Å². The lowest BCUT2D eigenvalue weighted by Crippen LogP contribution is -2.18. The number of benzene rings is 1. The third-order valence-electron chi connectivity index (χ3n) is 2.91. The minimum atomic E-state index is 0.437. The van der Waals surface area contributed by atoms with Gasteiger partial charge in [-0.05, 0) is 43.9 Å². The summed E-state index contributed by atoms with van der Waals surface area (Å²) in [4.78, 5) is 0. The third kappa shape index (κ3) is 5.97. The zero-order valence-electron chi connectivity index (χ0n) is 12.8. The Labute approximate surface area is 117 Å². The molecule has 0 amide bonds. The highest BCUT2D eigenvalue weighted by atomic mass is 16.5. The molecule has 1 rings (SSSR count). The van der Waals surface area contributed by atoms with Crippen molar-refractivity contribution in [1.82, 2.24) is 0 Å². The van der Waals surface area contributed by atoms with Crippen LogP contribution in [0.5, 0.6) is 5.75 Å². The molecule has 1 aromatic rings. The first-order chi connectivity index (χ1) is 9.02. The Balaban J connectivity index is 2.69. The van der Waals surface area contributed by atoms with Crippen LogP contribution in [0.25, 0.3) is 0 Å². The molecule has 1 N–H and O–H groups in total. The summed E-state index contributed by atoms with van der Waals surface area (Å²) in [5.41, 5.74) is 2.27. The standard InChI is InChI=1S/C16H27NO2/c1-12(2)10-14(4)17-15-7-6-13(3)11-16(15)19-9-8-18-5/h6-7,11-12,14,17H,8-10H2,1-5H3. The Hall–Kier alpha value is -1.22. The van der Waals surface area contributed by atoms with E-state index in [-0.39, 0.29) is 0 Å². The monoisotopic (exact) mass is 265 g/mol. The smallest absolute Gasteiger partial charge is 0.142 e. The Morgan fingerprint density at radius 2 is 1.89 bits per heavy atom. The molecular weight excluding hydrogens is 238 g/mol. The molecule has 19 heavy (non-hydrogen) atoms. The van der Waals surface area contributed by atoms with Gasteiger partial charge >= 0.3 is 0 Å². The van der Waals surface area contributed by atoms with Crippen LogP contribution < -0.4 is 10.1 Å². The molecule has 1 unspecified atom stereocenters. The molecule has 0 aromatic heterocycles. The van der Waals surface area contributed by atoms with Crippen LogP contribution in [0, 0.1) is 12.8 Å². The van der Waals surface area contributed by atoms with Crippen molar-refractivity contribution in [2.75, 3.05) is 25.6 Å². The number of nitrogens with one attached hydrogen (secondary N) is 1. The number of methoxy groups -OCH3 is 1. The van der Waals surface area contributed by atoms with Crippen molar-refractivity contribution in [2.24, 2.45) is 5.92 Å². The highest BCUT2D eigenvalue weighted by molar-refractivity contribution is 5.58. The number of anilines is 1. The molecule has 0 saturated carbocycles. The Kier molecular flexibility index (Phi) is 6.71. The number of aryl methyl sites for hydroxylation is 1. The van der Waals surface area contributed by atoms with Gasteiger partial charge in [-0.2, -0.15) is 0 Å². The van der Waals surface area contributed by atoms with E-state index < -0.39 is 0 Å². The molecule has 1 aromatic carbocycles. The predicted molar refractivity (Wildman–Crippen MR) is 81.1 cm³/mol. The average Bonchev–Trinajstić information content (AvgIpc) is 2.32. The normalized spacial score (nSPS) is 12.5. The van der Waals surface area contributed by atoms with Gasteiger partial charge in [-0.25, -0.2) is 0 Å². The minimum absolute atomic E-state index is 0.437. The Morgan fingerprint density at radius 3 is 2.53 bits per heavy atom. The van der Waals surface area contributed by atoms with Gasteiger partial charge in [0.05, 0.1) is 12.3 Å². The summed E-state index contributed by atoms with van der Waals surface area (Å²) in [6.07, 6.45) is 1.14. The van der Waals surface area contributed by atoms with Gasteiger partial charge in [0, 0.05) is 13.2 Å². The summed E-state index contributed by atoms with van der Waals surface area (Å²) >= 11 is 0. The molecule has 0 saturated heterocycles. The highest BCUT2D eigenvalue weighted by Crippen LogP contribution is 2.27. The first-order valence-corrected chi connectivity index (χ1v) is 7.01. The van der Waals surface area contributed by atoms with Crippen molar-refractivity contribution >= 4 is 5.69 Å². The predicted octanol–water partition coefficient (Wildman–Crippen LogP) is 3.87. The molecule has 0 heterocycles. The van der Waals surface area contributed by atoms with Crippen LogP contribution in [-0.2, 0) is 4.74 Å². The molecule has 1 atom stereocenters. The van der Waals surface area contributed by atoms with Gasteiger partial charge in [-0.3, -0.25) is 0 Å². The summed E-state index contributed by atoms with van der Waals surface area (Å²) in [7, 11) is 1.68. The highest BCUT2D eigenvalue weighted by Gasteiger charge is 2.09. The first kappa shape index (κ1) is 15.8. The molecule has 3 nitrogen and oxygen atoms in total. The summed E-state index contributed by atoms with van der Waals surface area (Å²) in [6.45, 7) is 9.94. The van der Waals surface area contributed by atoms with Gasteiger partial charge in [-0.1, -0.05) is 19.9 Å². The second kappa shape index (κ2) is 8.05. The average molecular weight is 265 g/mol. The summed E-state index contributed by atoms with van der Waals surface area (Å²) in [5, 5.41) is 3.53. The van der Waals surface area contributed by atoms with E-state index in [1.807, 2.05) is 0 Å². The van der Waals surface area contributed by atoms with Crippen molar-refractivity contribution in [2.45, 2.75) is 40.2 Å². The van der Waals surface area contributed by atoms with E-state index in [2.05, 4.69) is 51.2 Å². The van der Waals surface area contributed by atoms with E-state index in [9.17, 15) is 0 Å². The molecular formula is C16H27NO2. The maximum absolute atomic E-state index is 5.78. The maximum Gasteiger partial charge on any atom is 0.142 e. The number of hydrogen-bond acceptors (Lipinski definition) is 3. The van der Waals surface area contributed by atoms with E-state index >= 15 is 0 Å². The van der Waals surface area contributed by atoms with Gasteiger partial charge in [-0.15, -0.1) is 0 Å². The molecule has 0 aliphatic rings. The number of ether oxygens (including phenoxy) is 2. The van der Waals surface area contributed by atoms with Crippen LogP contribution in [-0.4, -0.2) is 26.4 Å². The van der Waals surface area contributed by atoms with Gasteiger partial charge in [0.1, 0.15) is 12.4 Å². The van der Waals surface area contributed by atoms with Gasteiger partial charge in [0.15, 0.2) is 0 Å². The SMILES string of the molecule is COCCOc1cc(C)ccc1NC(C)CC(C)C. The van der Waals surface area contributed by atoms with Crippen molar-refractivity contribution in [3.05, 3.63) is 23.8 Å². The summed E-state index contributed by atoms with van der Waals surface area (Å²) in [5.74, 6) is 1.60. The van der Waals surface area contributed by atoms with E-state index in [1.54, 1.807) is 7.11 Å². The van der Waals surface area contributed by atoms with Crippen molar-refractivity contribution < 1.29 is 9.47 Å². The van der Waals surface area contributed by atoms with Crippen LogP contribution in [0.1, 0.15) is 32.8 Å². The van der Waals surface area contributed by atoms with Crippen LogP contribution >= 0.6 is 0 Å². The van der Waals surface area contributed by atoms with Crippen LogP contribution in [0.3, 0.4) is 0 Å². The van der Waals surface area contributed by atoms with Crippen molar-refractivity contribution in [3.8, 4) is 5.75 Å². The van der Waals surface area contributed by atoms with Crippen LogP contribution in [0.15, 0.2) is 18.2 Å². The lowest BCUT2D eigenvalue weighted by molar-refractivity contribution is 0.146. The molecule has 3 heteroatoms. The molecule has 0 spiro atoms. The second-order valence-corrected chi connectivity index (χ2v) is 5.52. The minimum Gasteiger partial charge on any atom is -0.489 e. The first-order valence-electron chi connectivity index (χ1n) is 7.01. The maximum atomic E-state index is 5.78. The molecule has 0 fully saturated rings. The molecule has 0 radical (unpaired) electrons. The zero-order valence-corrected chi connectivity index (χ0v) is 12.8. The van der Waals surface area contributed by atoms with E-state index in [0.29, 0.717) is 25.2 Å². The number of rotatable bonds is 8.